The molecular weight excluding hydrogens is 210 g/mol. The van der Waals surface area contributed by atoms with Gasteiger partial charge in [-0.1, -0.05) is 30.3 Å². The zero-order valence-corrected chi connectivity index (χ0v) is 9.67. The van der Waals surface area contributed by atoms with Crippen LogP contribution < -0.4 is 0 Å². The van der Waals surface area contributed by atoms with Crippen molar-refractivity contribution in [2.45, 2.75) is 13.3 Å². The molecule has 2 heterocycles. The topological polar surface area (TPSA) is 30.2 Å². The van der Waals surface area contributed by atoms with E-state index in [1.807, 2.05) is 28.8 Å². The van der Waals surface area contributed by atoms with Crippen LogP contribution in [0, 0.1) is 6.92 Å². The van der Waals surface area contributed by atoms with Gasteiger partial charge in [0.05, 0.1) is 0 Å². The van der Waals surface area contributed by atoms with Gasteiger partial charge in [0, 0.05) is 12.6 Å². The van der Waals surface area contributed by atoms with E-state index in [9.17, 15) is 0 Å². The maximum atomic E-state index is 4.24. The first kappa shape index (κ1) is 10.0. The minimum Gasteiger partial charge on any atom is -0.286 e. The van der Waals surface area contributed by atoms with Gasteiger partial charge in [0.1, 0.15) is 5.82 Å². The van der Waals surface area contributed by atoms with Gasteiger partial charge in [0.2, 0.25) is 0 Å². The Labute approximate surface area is 99.7 Å². The van der Waals surface area contributed by atoms with E-state index in [0.29, 0.717) is 0 Å². The monoisotopic (exact) mass is 223 g/mol. The molecule has 3 nitrogen and oxygen atoms in total. The Morgan fingerprint density at radius 3 is 2.71 bits per heavy atom. The number of aromatic nitrogens is 3. The summed E-state index contributed by atoms with van der Waals surface area (Å²) in [6.07, 6.45) is 2.82. The molecule has 0 fully saturated rings. The van der Waals surface area contributed by atoms with Gasteiger partial charge < -0.3 is 0 Å². The molecule has 0 aliphatic carbocycles. The number of nitrogens with zero attached hydrogens (tertiary/aromatic N) is 3. The summed E-state index contributed by atoms with van der Waals surface area (Å²) in [5.41, 5.74) is 3.49. The fourth-order valence-corrected chi connectivity index (χ4v) is 1.99. The Hall–Kier alpha value is -2.16. The zero-order chi connectivity index (χ0) is 11.7. The molecule has 0 saturated heterocycles. The summed E-state index contributed by atoms with van der Waals surface area (Å²) >= 11 is 0. The van der Waals surface area contributed by atoms with Crippen molar-refractivity contribution in [2.24, 2.45) is 0 Å². The van der Waals surface area contributed by atoms with Crippen LogP contribution in [0.15, 0.2) is 48.7 Å². The molecule has 17 heavy (non-hydrogen) atoms. The van der Waals surface area contributed by atoms with E-state index in [2.05, 4.69) is 41.4 Å². The van der Waals surface area contributed by atoms with E-state index < -0.39 is 0 Å². The average Bonchev–Trinajstić information content (AvgIpc) is 2.76. The fourth-order valence-electron chi connectivity index (χ4n) is 1.99. The third-order valence-electron chi connectivity index (χ3n) is 2.99. The van der Waals surface area contributed by atoms with E-state index in [-0.39, 0.29) is 0 Å². The molecule has 3 heteroatoms. The second kappa shape index (κ2) is 4.01. The summed E-state index contributed by atoms with van der Waals surface area (Å²) in [6, 6.07) is 14.3. The summed E-state index contributed by atoms with van der Waals surface area (Å²) in [6.45, 7) is 2.12. The van der Waals surface area contributed by atoms with E-state index in [1.54, 1.807) is 0 Å². The minimum absolute atomic E-state index is 0.817. The SMILES string of the molecule is Cc1ccccc1Cc1nnc2ccccn12. The van der Waals surface area contributed by atoms with Crippen molar-refractivity contribution < 1.29 is 0 Å². The number of rotatable bonds is 2. The smallest absolute Gasteiger partial charge is 0.160 e. The minimum atomic E-state index is 0.817. The molecule has 3 aromatic rings. The molecule has 0 spiro atoms. The quantitative estimate of drug-likeness (QED) is 0.668. The highest BCUT2D eigenvalue weighted by Gasteiger charge is 2.06. The van der Waals surface area contributed by atoms with Crippen molar-refractivity contribution in [1.82, 2.24) is 14.6 Å². The molecule has 2 aromatic heterocycles. The van der Waals surface area contributed by atoms with Gasteiger partial charge in [0.25, 0.3) is 0 Å². The highest BCUT2D eigenvalue weighted by atomic mass is 15.2. The summed E-state index contributed by atoms with van der Waals surface area (Å²) < 4.78 is 2.03. The molecule has 0 amide bonds. The van der Waals surface area contributed by atoms with Crippen molar-refractivity contribution in [3.05, 3.63) is 65.6 Å². The molecule has 0 radical (unpaired) electrons. The first-order chi connectivity index (χ1) is 8.34. The predicted octanol–water partition coefficient (Wildman–Crippen LogP) is 2.63. The molecule has 84 valence electrons. The van der Waals surface area contributed by atoms with Crippen LogP contribution in [0.4, 0.5) is 0 Å². The molecule has 0 atom stereocenters. The lowest BCUT2D eigenvalue weighted by Crippen LogP contribution is -1.97. The number of benzene rings is 1. The third-order valence-corrected chi connectivity index (χ3v) is 2.99. The maximum absolute atomic E-state index is 4.24. The molecular formula is C14H13N3. The van der Waals surface area contributed by atoms with Crippen LogP contribution in [0.2, 0.25) is 0 Å². The molecule has 0 saturated carbocycles. The molecule has 0 aliphatic rings. The standard InChI is InChI=1S/C14H13N3/c1-11-6-2-3-7-12(11)10-14-16-15-13-8-4-5-9-17(13)14/h2-9H,10H2,1H3. The van der Waals surface area contributed by atoms with Crippen molar-refractivity contribution in [3.8, 4) is 0 Å². The van der Waals surface area contributed by atoms with Gasteiger partial charge in [-0.05, 0) is 30.2 Å². The summed E-state index contributed by atoms with van der Waals surface area (Å²) in [5, 5.41) is 8.40. The summed E-state index contributed by atoms with van der Waals surface area (Å²) in [4.78, 5) is 0. The normalized spacial score (nSPS) is 10.9. The lowest BCUT2D eigenvalue weighted by molar-refractivity contribution is 0.929. The Morgan fingerprint density at radius 1 is 1.00 bits per heavy atom. The van der Waals surface area contributed by atoms with E-state index in [1.165, 1.54) is 11.1 Å². The van der Waals surface area contributed by atoms with Crippen LogP contribution in [-0.2, 0) is 6.42 Å². The van der Waals surface area contributed by atoms with Gasteiger partial charge in [-0.15, -0.1) is 10.2 Å². The Balaban J connectivity index is 2.03. The van der Waals surface area contributed by atoms with Crippen LogP contribution in [0.25, 0.3) is 5.65 Å². The summed E-state index contributed by atoms with van der Waals surface area (Å²) in [7, 11) is 0. The van der Waals surface area contributed by atoms with Crippen molar-refractivity contribution >= 4 is 5.65 Å². The van der Waals surface area contributed by atoms with Crippen LogP contribution in [-0.4, -0.2) is 14.6 Å². The van der Waals surface area contributed by atoms with Crippen molar-refractivity contribution in [3.63, 3.8) is 0 Å². The largest absolute Gasteiger partial charge is 0.286 e. The van der Waals surface area contributed by atoms with Gasteiger partial charge >= 0.3 is 0 Å². The van der Waals surface area contributed by atoms with Crippen LogP contribution in [0.1, 0.15) is 17.0 Å². The van der Waals surface area contributed by atoms with E-state index >= 15 is 0 Å². The Morgan fingerprint density at radius 2 is 1.82 bits per heavy atom. The Bertz CT molecular complexity index is 655. The number of fused-ring (bicyclic) bond motifs is 1. The van der Waals surface area contributed by atoms with Crippen LogP contribution >= 0.6 is 0 Å². The first-order valence-corrected chi connectivity index (χ1v) is 5.68. The van der Waals surface area contributed by atoms with Gasteiger partial charge in [-0.25, -0.2) is 0 Å². The Kier molecular flexibility index (Phi) is 2.37. The second-order valence-electron chi connectivity index (χ2n) is 4.15. The number of aryl methyl sites for hydroxylation is 1. The van der Waals surface area contributed by atoms with Crippen LogP contribution in [0.5, 0.6) is 0 Å². The lowest BCUT2D eigenvalue weighted by Gasteiger charge is -2.03. The molecule has 0 aliphatic heterocycles. The first-order valence-electron chi connectivity index (χ1n) is 5.68. The van der Waals surface area contributed by atoms with E-state index in [0.717, 1.165) is 17.9 Å². The van der Waals surface area contributed by atoms with Crippen molar-refractivity contribution in [1.29, 1.82) is 0 Å². The van der Waals surface area contributed by atoms with Gasteiger partial charge in [-0.3, -0.25) is 4.40 Å². The van der Waals surface area contributed by atoms with Gasteiger partial charge in [-0.2, -0.15) is 0 Å². The highest BCUT2D eigenvalue weighted by Crippen LogP contribution is 2.13. The van der Waals surface area contributed by atoms with Crippen molar-refractivity contribution in [2.75, 3.05) is 0 Å². The molecule has 0 bridgehead atoms. The molecule has 3 rings (SSSR count). The maximum Gasteiger partial charge on any atom is 0.160 e. The summed E-state index contributed by atoms with van der Waals surface area (Å²) in [5.74, 6) is 0.981. The second-order valence-corrected chi connectivity index (χ2v) is 4.15. The predicted molar refractivity (Wildman–Crippen MR) is 67.0 cm³/mol. The van der Waals surface area contributed by atoms with Crippen LogP contribution in [0.3, 0.4) is 0 Å². The molecule has 0 unspecified atom stereocenters. The van der Waals surface area contributed by atoms with E-state index in [4.69, 9.17) is 0 Å². The van der Waals surface area contributed by atoms with Gasteiger partial charge in [0.15, 0.2) is 5.65 Å². The molecule has 0 N–H and O–H groups in total. The lowest BCUT2D eigenvalue weighted by atomic mass is 10.1. The zero-order valence-electron chi connectivity index (χ0n) is 9.67. The molecule has 1 aromatic carbocycles. The average molecular weight is 223 g/mol. The number of hydrogen-bond acceptors (Lipinski definition) is 2. The number of pyridine rings is 1. The third kappa shape index (κ3) is 1.80. The highest BCUT2D eigenvalue weighted by molar-refractivity contribution is 5.38. The fraction of sp³-hybridized carbons (Fsp3) is 0.143. The number of hydrogen-bond donors (Lipinski definition) is 0.